The summed E-state index contributed by atoms with van der Waals surface area (Å²) in [6, 6.07) is 6.55. The molecule has 0 amide bonds. The lowest BCUT2D eigenvalue weighted by molar-refractivity contribution is 0.627. The standard InChI is InChI=1S/C14H15F.C2H6/c1-3-12(2)6-4-5-7-13-8-10-14(15)11-9-13;1-2/h3-6,8-11H,1,7H2,2H3;1-2H3/b5-4-,12-6-;. The van der Waals surface area contributed by atoms with Crippen LogP contribution in [0.4, 0.5) is 4.39 Å². The molecule has 1 aromatic carbocycles. The van der Waals surface area contributed by atoms with E-state index < -0.39 is 0 Å². The fourth-order valence-corrected chi connectivity index (χ4v) is 1.11. The van der Waals surface area contributed by atoms with Gasteiger partial charge in [0.1, 0.15) is 5.82 Å². The van der Waals surface area contributed by atoms with Crippen LogP contribution in [0.15, 0.2) is 60.7 Å². The van der Waals surface area contributed by atoms with Gasteiger partial charge in [-0.1, -0.05) is 62.4 Å². The summed E-state index contributed by atoms with van der Waals surface area (Å²) in [7, 11) is 0. The quantitative estimate of drug-likeness (QED) is 0.635. The Labute approximate surface area is 104 Å². The smallest absolute Gasteiger partial charge is 0.123 e. The average molecular weight is 232 g/mol. The number of hydrogen-bond acceptors (Lipinski definition) is 0. The Kier molecular flexibility index (Phi) is 8.67. The predicted molar refractivity (Wildman–Crippen MR) is 74.5 cm³/mol. The highest BCUT2D eigenvalue weighted by molar-refractivity contribution is 5.22. The van der Waals surface area contributed by atoms with E-state index >= 15 is 0 Å². The summed E-state index contributed by atoms with van der Waals surface area (Å²) in [5.74, 6) is -0.190. The van der Waals surface area contributed by atoms with E-state index in [-0.39, 0.29) is 5.82 Å². The van der Waals surface area contributed by atoms with Gasteiger partial charge in [0.2, 0.25) is 0 Å². The molecular weight excluding hydrogens is 211 g/mol. The molecular formula is C16H21F. The Bertz CT molecular complexity index is 369. The molecule has 0 N–H and O–H groups in total. The molecule has 0 saturated carbocycles. The Hall–Kier alpha value is -1.63. The topological polar surface area (TPSA) is 0 Å². The molecule has 0 radical (unpaired) electrons. The summed E-state index contributed by atoms with van der Waals surface area (Å²) in [4.78, 5) is 0. The monoisotopic (exact) mass is 232 g/mol. The van der Waals surface area contributed by atoms with Gasteiger partial charge in [-0.2, -0.15) is 0 Å². The molecule has 1 rings (SSSR count). The molecule has 0 heterocycles. The molecule has 0 aliphatic heterocycles. The van der Waals surface area contributed by atoms with E-state index in [1.165, 1.54) is 12.1 Å². The fourth-order valence-electron chi connectivity index (χ4n) is 1.11. The van der Waals surface area contributed by atoms with Gasteiger partial charge in [0.25, 0.3) is 0 Å². The molecule has 1 aromatic rings. The Balaban J connectivity index is 0.00000121. The predicted octanol–water partition coefficient (Wildman–Crippen LogP) is 5.08. The van der Waals surface area contributed by atoms with E-state index in [0.29, 0.717) is 0 Å². The Morgan fingerprint density at radius 1 is 1.24 bits per heavy atom. The van der Waals surface area contributed by atoms with Gasteiger partial charge in [-0.25, -0.2) is 4.39 Å². The first-order valence-electron chi connectivity index (χ1n) is 5.92. The number of halogens is 1. The lowest BCUT2D eigenvalue weighted by Gasteiger charge is -1.94. The number of hydrogen-bond donors (Lipinski definition) is 0. The zero-order valence-electron chi connectivity index (χ0n) is 10.9. The molecule has 92 valence electrons. The third kappa shape index (κ3) is 7.29. The maximum absolute atomic E-state index is 12.6. The van der Waals surface area contributed by atoms with Crippen molar-refractivity contribution in [3.63, 3.8) is 0 Å². The first-order chi connectivity index (χ1) is 8.22. The first-order valence-corrected chi connectivity index (χ1v) is 5.92. The van der Waals surface area contributed by atoms with E-state index in [1.807, 2.05) is 45.1 Å². The molecule has 0 aliphatic carbocycles. The van der Waals surface area contributed by atoms with Crippen molar-refractivity contribution in [2.24, 2.45) is 0 Å². The molecule has 0 aliphatic rings. The zero-order valence-corrected chi connectivity index (χ0v) is 10.9. The minimum Gasteiger partial charge on any atom is -0.207 e. The van der Waals surface area contributed by atoms with Crippen LogP contribution < -0.4 is 0 Å². The third-order valence-electron chi connectivity index (χ3n) is 2.08. The van der Waals surface area contributed by atoms with Crippen LogP contribution in [-0.2, 0) is 6.42 Å². The molecule has 0 saturated heterocycles. The van der Waals surface area contributed by atoms with Gasteiger partial charge in [0, 0.05) is 0 Å². The number of allylic oxidation sites excluding steroid dienone is 5. The summed E-state index contributed by atoms with van der Waals surface area (Å²) in [6.45, 7) is 9.66. The second-order valence-electron chi connectivity index (χ2n) is 3.37. The van der Waals surface area contributed by atoms with E-state index in [2.05, 4.69) is 6.58 Å². The second-order valence-corrected chi connectivity index (χ2v) is 3.37. The van der Waals surface area contributed by atoms with Crippen molar-refractivity contribution in [3.05, 3.63) is 72.1 Å². The van der Waals surface area contributed by atoms with Crippen LogP contribution in [-0.4, -0.2) is 0 Å². The van der Waals surface area contributed by atoms with Crippen LogP contribution in [0.5, 0.6) is 0 Å². The molecule has 0 nitrogen and oxygen atoms in total. The maximum Gasteiger partial charge on any atom is 0.123 e. The van der Waals surface area contributed by atoms with Gasteiger partial charge in [0.05, 0.1) is 0 Å². The van der Waals surface area contributed by atoms with E-state index in [1.54, 1.807) is 12.1 Å². The van der Waals surface area contributed by atoms with Crippen LogP contribution in [0.1, 0.15) is 26.3 Å². The van der Waals surface area contributed by atoms with Gasteiger partial charge in [-0.15, -0.1) is 0 Å². The molecule has 0 aromatic heterocycles. The highest BCUT2D eigenvalue weighted by Gasteiger charge is 1.89. The second kappa shape index (κ2) is 9.59. The highest BCUT2D eigenvalue weighted by Crippen LogP contribution is 2.04. The summed E-state index contributed by atoms with van der Waals surface area (Å²) in [6.07, 6.45) is 8.65. The van der Waals surface area contributed by atoms with Crippen molar-refractivity contribution < 1.29 is 4.39 Å². The lowest BCUT2D eigenvalue weighted by Crippen LogP contribution is -1.80. The molecule has 0 atom stereocenters. The van der Waals surface area contributed by atoms with Crippen molar-refractivity contribution in [2.45, 2.75) is 27.2 Å². The van der Waals surface area contributed by atoms with Gasteiger partial charge in [-0.3, -0.25) is 0 Å². The van der Waals surface area contributed by atoms with Crippen molar-refractivity contribution in [3.8, 4) is 0 Å². The summed E-state index contributed by atoms with van der Waals surface area (Å²) in [5, 5.41) is 0. The SMILES string of the molecule is C=C/C(C)=C\C=C/Cc1ccc(F)cc1.CC. The fraction of sp³-hybridized carbons (Fsp3) is 0.250. The molecule has 0 spiro atoms. The highest BCUT2D eigenvalue weighted by atomic mass is 19.1. The van der Waals surface area contributed by atoms with E-state index in [0.717, 1.165) is 17.6 Å². The van der Waals surface area contributed by atoms with E-state index in [9.17, 15) is 4.39 Å². The van der Waals surface area contributed by atoms with E-state index in [4.69, 9.17) is 0 Å². The minimum absolute atomic E-state index is 0.190. The summed E-state index contributed by atoms with van der Waals surface area (Å²) < 4.78 is 12.6. The Morgan fingerprint density at radius 3 is 2.35 bits per heavy atom. The summed E-state index contributed by atoms with van der Waals surface area (Å²) >= 11 is 0. The van der Waals surface area contributed by atoms with Crippen molar-refractivity contribution >= 4 is 0 Å². The van der Waals surface area contributed by atoms with Gasteiger partial charge in [0.15, 0.2) is 0 Å². The third-order valence-corrected chi connectivity index (χ3v) is 2.08. The summed E-state index contributed by atoms with van der Waals surface area (Å²) in [5.41, 5.74) is 2.24. The van der Waals surface area contributed by atoms with Gasteiger partial charge < -0.3 is 0 Å². The Morgan fingerprint density at radius 2 is 1.82 bits per heavy atom. The molecule has 0 bridgehead atoms. The van der Waals surface area contributed by atoms with Crippen LogP contribution in [0, 0.1) is 5.82 Å². The molecule has 1 heteroatoms. The molecule has 0 unspecified atom stereocenters. The van der Waals surface area contributed by atoms with Crippen LogP contribution >= 0.6 is 0 Å². The maximum atomic E-state index is 12.6. The normalized spacial score (nSPS) is 10.9. The number of rotatable bonds is 4. The van der Waals surface area contributed by atoms with Crippen molar-refractivity contribution in [2.75, 3.05) is 0 Å². The first kappa shape index (κ1) is 15.4. The average Bonchev–Trinajstić information content (AvgIpc) is 2.39. The van der Waals surface area contributed by atoms with Gasteiger partial charge in [-0.05, 0) is 31.0 Å². The minimum atomic E-state index is -0.190. The van der Waals surface area contributed by atoms with Crippen LogP contribution in [0.25, 0.3) is 0 Å². The van der Waals surface area contributed by atoms with Crippen LogP contribution in [0.2, 0.25) is 0 Å². The number of benzene rings is 1. The molecule has 0 fully saturated rings. The van der Waals surface area contributed by atoms with Crippen molar-refractivity contribution in [1.82, 2.24) is 0 Å². The van der Waals surface area contributed by atoms with Gasteiger partial charge >= 0.3 is 0 Å². The lowest BCUT2D eigenvalue weighted by atomic mass is 10.1. The largest absolute Gasteiger partial charge is 0.207 e. The molecule has 17 heavy (non-hydrogen) atoms. The zero-order chi connectivity index (χ0) is 13.1. The van der Waals surface area contributed by atoms with Crippen LogP contribution in [0.3, 0.4) is 0 Å². The van der Waals surface area contributed by atoms with Crippen molar-refractivity contribution in [1.29, 1.82) is 0 Å².